The number of nitrogens with zero attached hydrogens (tertiary/aromatic N) is 1. The molecule has 2 aliphatic heterocycles. The van der Waals surface area contributed by atoms with Gasteiger partial charge >= 0.3 is 0 Å². The predicted molar refractivity (Wildman–Crippen MR) is 108 cm³/mol. The standard InChI is InChI=1S/C18H27N3O6S2/c22-18(19-6-2-7-21-8-10-27-11-9-21)15-3-1-4-17(13-15)29(25,26)20-16-5-12-28(23,24)14-16/h1,3-4,13,16,20H,2,5-12,14H2,(H,19,22). The van der Waals surface area contributed by atoms with Crippen LogP contribution in [0.5, 0.6) is 0 Å². The first-order chi connectivity index (χ1) is 13.8. The fraction of sp³-hybridized carbons (Fsp3) is 0.611. The van der Waals surface area contributed by atoms with Gasteiger partial charge in [0.05, 0.1) is 29.6 Å². The van der Waals surface area contributed by atoms with E-state index in [9.17, 15) is 21.6 Å². The SMILES string of the molecule is O=C(NCCCN1CCOCC1)c1cccc(S(=O)(=O)NC2CCS(=O)(=O)C2)c1. The molecule has 2 heterocycles. The van der Waals surface area contributed by atoms with E-state index in [0.29, 0.717) is 6.54 Å². The maximum Gasteiger partial charge on any atom is 0.251 e. The van der Waals surface area contributed by atoms with Gasteiger partial charge in [0, 0.05) is 31.2 Å². The largest absolute Gasteiger partial charge is 0.379 e. The molecule has 0 aromatic heterocycles. The second kappa shape index (κ2) is 9.52. The fourth-order valence-corrected chi connectivity index (χ4v) is 6.51. The van der Waals surface area contributed by atoms with Gasteiger partial charge in [0.15, 0.2) is 9.84 Å². The normalized spacial score (nSPS) is 22.4. The lowest BCUT2D eigenvalue weighted by molar-refractivity contribution is 0.0374. The fourth-order valence-electron chi connectivity index (χ4n) is 3.41. The lowest BCUT2D eigenvalue weighted by atomic mass is 10.2. The Balaban J connectivity index is 1.53. The van der Waals surface area contributed by atoms with Crippen molar-refractivity contribution < 1.29 is 26.4 Å². The number of amides is 1. The number of sulfone groups is 1. The summed E-state index contributed by atoms with van der Waals surface area (Å²) < 4.78 is 55.9. The van der Waals surface area contributed by atoms with Gasteiger partial charge in [-0.3, -0.25) is 9.69 Å². The van der Waals surface area contributed by atoms with Crippen LogP contribution in [0.25, 0.3) is 0 Å². The summed E-state index contributed by atoms with van der Waals surface area (Å²) in [6.45, 7) is 4.60. The maximum absolute atomic E-state index is 12.6. The molecule has 11 heteroatoms. The molecule has 3 rings (SSSR count). The summed E-state index contributed by atoms with van der Waals surface area (Å²) in [5, 5.41) is 2.81. The number of hydrogen-bond donors (Lipinski definition) is 2. The summed E-state index contributed by atoms with van der Waals surface area (Å²) in [4.78, 5) is 14.6. The molecule has 0 saturated carbocycles. The Bertz CT molecular complexity index is 927. The Hall–Kier alpha value is -1.53. The van der Waals surface area contributed by atoms with Crippen LogP contribution >= 0.6 is 0 Å². The summed E-state index contributed by atoms with van der Waals surface area (Å²) in [7, 11) is -7.10. The molecule has 0 bridgehead atoms. The third kappa shape index (κ3) is 6.48. The maximum atomic E-state index is 12.6. The topological polar surface area (TPSA) is 122 Å². The van der Waals surface area contributed by atoms with Gasteiger partial charge in [0.1, 0.15) is 0 Å². The van der Waals surface area contributed by atoms with Gasteiger partial charge in [-0.05, 0) is 37.6 Å². The molecule has 2 N–H and O–H groups in total. The molecule has 2 aliphatic rings. The van der Waals surface area contributed by atoms with Crippen LogP contribution in [0, 0.1) is 0 Å². The second-order valence-corrected chi connectivity index (χ2v) is 11.3. The van der Waals surface area contributed by atoms with Crippen molar-refractivity contribution in [1.29, 1.82) is 0 Å². The van der Waals surface area contributed by atoms with E-state index in [4.69, 9.17) is 4.74 Å². The van der Waals surface area contributed by atoms with Crippen LogP contribution in [0.15, 0.2) is 29.2 Å². The van der Waals surface area contributed by atoms with Gasteiger partial charge in [-0.2, -0.15) is 0 Å². The van der Waals surface area contributed by atoms with Gasteiger partial charge in [0.2, 0.25) is 10.0 Å². The zero-order valence-corrected chi connectivity index (χ0v) is 17.8. The molecule has 2 saturated heterocycles. The average molecular weight is 446 g/mol. The minimum Gasteiger partial charge on any atom is -0.379 e. The number of carbonyl (C=O) groups excluding carboxylic acids is 1. The molecule has 1 aromatic rings. The average Bonchev–Trinajstić information content (AvgIpc) is 3.03. The van der Waals surface area contributed by atoms with Gasteiger partial charge in [-0.1, -0.05) is 6.07 Å². The van der Waals surface area contributed by atoms with Crippen LogP contribution in [0.1, 0.15) is 23.2 Å². The number of nitrogens with one attached hydrogen (secondary N) is 2. The third-order valence-electron chi connectivity index (χ3n) is 5.00. The van der Waals surface area contributed by atoms with Crippen LogP contribution < -0.4 is 10.0 Å². The van der Waals surface area contributed by atoms with Crippen molar-refractivity contribution in [3.8, 4) is 0 Å². The van der Waals surface area contributed by atoms with Crippen LogP contribution in [-0.2, 0) is 24.6 Å². The summed E-state index contributed by atoms with van der Waals surface area (Å²) in [5.41, 5.74) is 0.248. The van der Waals surface area contributed by atoms with Crippen LogP contribution in [0.2, 0.25) is 0 Å². The van der Waals surface area contributed by atoms with Gasteiger partial charge in [0.25, 0.3) is 5.91 Å². The highest BCUT2D eigenvalue weighted by molar-refractivity contribution is 7.92. The molecule has 1 amide bonds. The first-order valence-electron chi connectivity index (χ1n) is 9.66. The van der Waals surface area contributed by atoms with Crippen LogP contribution in [0.3, 0.4) is 0 Å². The van der Waals surface area contributed by atoms with Crippen molar-refractivity contribution in [2.24, 2.45) is 0 Å². The summed E-state index contributed by atoms with van der Waals surface area (Å²) >= 11 is 0. The molecule has 0 aliphatic carbocycles. The van der Waals surface area contributed by atoms with Crippen molar-refractivity contribution in [1.82, 2.24) is 14.9 Å². The Kier molecular flexibility index (Phi) is 7.28. The summed E-state index contributed by atoms with van der Waals surface area (Å²) in [6, 6.07) is 5.12. The molecule has 1 aromatic carbocycles. The Labute approximate surface area is 171 Å². The van der Waals surface area contributed by atoms with E-state index in [1.165, 1.54) is 18.2 Å². The van der Waals surface area contributed by atoms with Crippen molar-refractivity contribution >= 4 is 25.8 Å². The highest BCUT2D eigenvalue weighted by Gasteiger charge is 2.31. The van der Waals surface area contributed by atoms with E-state index >= 15 is 0 Å². The highest BCUT2D eigenvalue weighted by Crippen LogP contribution is 2.17. The molecular weight excluding hydrogens is 418 g/mol. The molecule has 1 unspecified atom stereocenters. The van der Waals surface area contributed by atoms with E-state index in [0.717, 1.165) is 39.3 Å². The smallest absolute Gasteiger partial charge is 0.251 e. The molecular formula is C18H27N3O6S2. The van der Waals surface area contributed by atoms with Crippen molar-refractivity contribution in [2.45, 2.75) is 23.8 Å². The van der Waals surface area contributed by atoms with Gasteiger partial charge in [-0.15, -0.1) is 0 Å². The first-order valence-corrected chi connectivity index (χ1v) is 13.0. The minimum atomic E-state index is -3.90. The van der Waals surface area contributed by atoms with E-state index in [1.807, 2.05) is 0 Å². The highest BCUT2D eigenvalue weighted by atomic mass is 32.2. The third-order valence-corrected chi connectivity index (χ3v) is 8.29. The van der Waals surface area contributed by atoms with Crippen LogP contribution in [0.4, 0.5) is 0 Å². The molecule has 0 spiro atoms. The summed E-state index contributed by atoms with van der Waals surface area (Å²) in [6.07, 6.45) is 1.05. The van der Waals surface area contributed by atoms with E-state index in [-0.39, 0.29) is 34.3 Å². The van der Waals surface area contributed by atoms with E-state index < -0.39 is 25.9 Å². The molecule has 162 valence electrons. The van der Waals surface area contributed by atoms with E-state index in [1.54, 1.807) is 6.07 Å². The Morgan fingerprint density at radius 3 is 2.69 bits per heavy atom. The molecule has 9 nitrogen and oxygen atoms in total. The summed E-state index contributed by atoms with van der Waals surface area (Å²) in [5.74, 6) is -0.560. The van der Waals surface area contributed by atoms with E-state index in [2.05, 4.69) is 14.9 Å². The number of benzene rings is 1. The van der Waals surface area contributed by atoms with Crippen molar-refractivity contribution in [2.75, 3.05) is 50.9 Å². The number of hydrogen-bond acceptors (Lipinski definition) is 7. The molecule has 0 radical (unpaired) electrons. The Morgan fingerprint density at radius 2 is 2.00 bits per heavy atom. The number of rotatable bonds is 8. The number of morpholine rings is 1. The number of sulfonamides is 1. The molecule has 1 atom stereocenters. The second-order valence-electron chi connectivity index (χ2n) is 7.31. The van der Waals surface area contributed by atoms with Gasteiger partial charge in [-0.25, -0.2) is 21.6 Å². The molecule has 2 fully saturated rings. The number of ether oxygens (including phenoxy) is 1. The lowest BCUT2D eigenvalue weighted by Gasteiger charge is -2.26. The van der Waals surface area contributed by atoms with Crippen molar-refractivity contribution in [3.05, 3.63) is 29.8 Å². The first kappa shape index (κ1) is 22.2. The van der Waals surface area contributed by atoms with Crippen molar-refractivity contribution in [3.63, 3.8) is 0 Å². The monoisotopic (exact) mass is 445 g/mol. The zero-order chi connectivity index (χ0) is 20.9. The molecule has 29 heavy (non-hydrogen) atoms. The van der Waals surface area contributed by atoms with Crippen LogP contribution in [-0.4, -0.2) is 84.6 Å². The van der Waals surface area contributed by atoms with Gasteiger partial charge < -0.3 is 10.1 Å². The Morgan fingerprint density at radius 1 is 1.24 bits per heavy atom. The number of carbonyl (C=O) groups is 1. The predicted octanol–water partition coefficient (Wildman–Crippen LogP) is -0.396. The zero-order valence-electron chi connectivity index (χ0n) is 16.2. The quantitative estimate of drug-likeness (QED) is 0.522. The lowest BCUT2D eigenvalue weighted by Crippen LogP contribution is -2.38. The minimum absolute atomic E-state index is 0.0207.